The highest BCUT2D eigenvalue weighted by atomic mass is 19.1. The van der Waals surface area contributed by atoms with Crippen molar-refractivity contribution in [1.29, 1.82) is 0 Å². The number of aldehydes is 1. The van der Waals surface area contributed by atoms with Crippen LogP contribution in [0.3, 0.4) is 0 Å². The number of hydrogen-bond acceptors (Lipinski definition) is 7. The number of carbonyl (C=O) groups is 2. The highest BCUT2D eigenvalue weighted by molar-refractivity contribution is 5.72. The highest BCUT2D eigenvalue weighted by Crippen LogP contribution is 2.29. The van der Waals surface area contributed by atoms with Gasteiger partial charge in [0, 0.05) is 12.8 Å². The number of halogens is 1. The van der Waals surface area contributed by atoms with Crippen molar-refractivity contribution < 1.29 is 28.6 Å². The maximum Gasteiger partial charge on any atom is 0.330 e. The second-order valence-corrected chi connectivity index (χ2v) is 4.92. The lowest BCUT2D eigenvalue weighted by Gasteiger charge is -2.16. The van der Waals surface area contributed by atoms with Crippen molar-refractivity contribution in [2.45, 2.75) is 37.7 Å². The van der Waals surface area contributed by atoms with Crippen molar-refractivity contribution in [3.8, 4) is 0 Å². The molecule has 9 nitrogen and oxygen atoms in total. The van der Waals surface area contributed by atoms with E-state index < -0.39 is 48.1 Å². The molecule has 3 atom stereocenters. The van der Waals surface area contributed by atoms with Crippen LogP contribution in [0.15, 0.2) is 15.8 Å². The van der Waals surface area contributed by atoms with Gasteiger partial charge in [-0.3, -0.25) is 19.1 Å². The van der Waals surface area contributed by atoms with Crippen LogP contribution in [0.2, 0.25) is 0 Å². The third-order valence-corrected chi connectivity index (χ3v) is 3.34. The molecule has 1 unspecified atom stereocenters. The summed E-state index contributed by atoms with van der Waals surface area (Å²) >= 11 is 0. The molecule has 1 aromatic heterocycles. The molecule has 0 radical (unpaired) electrons. The number of ether oxygens (including phenoxy) is 2. The van der Waals surface area contributed by atoms with Crippen molar-refractivity contribution in [2.24, 2.45) is 0 Å². The molecular weight excluding hydrogens is 315 g/mol. The van der Waals surface area contributed by atoms with Gasteiger partial charge in [0.1, 0.15) is 24.7 Å². The molecule has 0 aliphatic carbocycles. The molecule has 0 spiro atoms. The van der Waals surface area contributed by atoms with E-state index in [0.29, 0.717) is 12.5 Å². The van der Waals surface area contributed by atoms with Gasteiger partial charge in [0.15, 0.2) is 0 Å². The van der Waals surface area contributed by atoms with Gasteiger partial charge in [0.25, 0.3) is 5.56 Å². The monoisotopic (exact) mass is 330 g/mol. The van der Waals surface area contributed by atoms with Crippen LogP contribution < -0.4 is 11.2 Å². The Bertz CT molecular complexity index is 698. The number of rotatable bonds is 6. The number of nitrogens with one attached hydrogen (secondary N) is 1. The molecule has 0 aromatic carbocycles. The largest absolute Gasteiger partial charge is 0.459 e. The molecule has 1 aliphatic heterocycles. The van der Waals surface area contributed by atoms with E-state index in [1.165, 1.54) is 0 Å². The quantitative estimate of drug-likeness (QED) is 0.498. The van der Waals surface area contributed by atoms with Crippen LogP contribution in [-0.2, 0) is 19.1 Å². The third-order valence-electron chi connectivity index (χ3n) is 3.34. The van der Waals surface area contributed by atoms with Crippen molar-refractivity contribution in [1.82, 2.24) is 9.55 Å². The van der Waals surface area contributed by atoms with Crippen LogP contribution in [-0.4, -0.2) is 45.7 Å². The fraction of sp³-hybridized carbons (Fsp3) is 0.538. The Morgan fingerprint density at radius 2 is 2.30 bits per heavy atom. The molecule has 2 heterocycles. The zero-order valence-corrected chi connectivity index (χ0v) is 11.9. The van der Waals surface area contributed by atoms with Crippen molar-refractivity contribution in [2.75, 3.05) is 6.61 Å². The molecule has 126 valence electrons. The summed E-state index contributed by atoms with van der Waals surface area (Å²) in [5, 5.41) is 9.27. The lowest BCUT2D eigenvalue weighted by atomic mass is 10.2. The molecule has 0 bridgehead atoms. The van der Waals surface area contributed by atoms with Gasteiger partial charge in [-0.2, -0.15) is 4.39 Å². The summed E-state index contributed by atoms with van der Waals surface area (Å²) in [5.41, 5.74) is -2.04. The van der Waals surface area contributed by atoms with Gasteiger partial charge in [-0.25, -0.2) is 4.79 Å². The van der Waals surface area contributed by atoms with E-state index in [9.17, 15) is 28.7 Å². The molecule has 0 amide bonds. The number of H-pyrrole nitrogens is 1. The zero-order chi connectivity index (χ0) is 17.0. The van der Waals surface area contributed by atoms with E-state index in [1.54, 1.807) is 4.98 Å². The molecule has 1 fully saturated rings. The van der Waals surface area contributed by atoms with Gasteiger partial charge >= 0.3 is 11.7 Å². The van der Waals surface area contributed by atoms with Crippen LogP contribution >= 0.6 is 0 Å². The summed E-state index contributed by atoms with van der Waals surface area (Å²) in [6.07, 6.45) is -1.62. The fourth-order valence-electron chi connectivity index (χ4n) is 2.24. The SMILES string of the molecule is O=CCCC(=O)OC1C[C@@H](n2cc(F)c(=O)[nH]c2=O)O[C@H]1CO. The smallest absolute Gasteiger partial charge is 0.330 e. The first-order chi connectivity index (χ1) is 11.0. The van der Waals surface area contributed by atoms with Gasteiger partial charge < -0.3 is 19.4 Å². The first-order valence-corrected chi connectivity index (χ1v) is 6.86. The average molecular weight is 330 g/mol. The van der Waals surface area contributed by atoms with Crippen LogP contribution in [0.4, 0.5) is 4.39 Å². The van der Waals surface area contributed by atoms with E-state index in [2.05, 4.69) is 0 Å². The molecule has 10 heteroatoms. The Hall–Kier alpha value is -2.33. The topological polar surface area (TPSA) is 128 Å². The van der Waals surface area contributed by atoms with E-state index in [1.807, 2.05) is 0 Å². The minimum atomic E-state index is -1.17. The number of nitrogens with zero attached hydrogens (tertiary/aromatic N) is 1. The van der Waals surface area contributed by atoms with Crippen LogP contribution in [0.5, 0.6) is 0 Å². The molecule has 2 N–H and O–H groups in total. The lowest BCUT2D eigenvalue weighted by molar-refractivity contribution is -0.153. The predicted molar refractivity (Wildman–Crippen MR) is 72.1 cm³/mol. The predicted octanol–water partition coefficient (Wildman–Crippen LogP) is -1.15. The van der Waals surface area contributed by atoms with Crippen molar-refractivity contribution in [3.63, 3.8) is 0 Å². The highest BCUT2D eigenvalue weighted by Gasteiger charge is 2.39. The van der Waals surface area contributed by atoms with E-state index in [4.69, 9.17) is 9.47 Å². The summed E-state index contributed by atoms with van der Waals surface area (Å²) in [7, 11) is 0. The number of aromatic amines is 1. The van der Waals surface area contributed by atoms with E-state index in [-0.39, 0.29) is 19.3 Å². The fourth-order valence-corrected chi connectivity index (χ4v) is 2.24. The molecule has 1 aromatic rings. The van der Waals surface area contributed by atoms with E-state index in [0.717, 1.165) is 4.57 Å². The normalized spacial score (nSPS) is 23.7. The summed E-state index contributed by atoms with van der Waals surface area (Å²) < 4.78 is 24.6. The van der Waals surface area contributed by atoms with Gasteiger partial charge in [-0.15, -0.1) is 0 Å². The minimum absolute atomic E-state index is 0.00419. The van der Waals surface area contributed by atoms with Gasteiger partial charge in [-0.1, -0.05) is 0 Å². The molecule has 2 rings (SSSR count). The first-order valence-electron chi connectivity index (χ1n) is 6.86. The van der Waals surface area contributed by atoms with Crippen LogP contribution in [0, 0.1) is 5.82 Å². The molecule has 1 aliphatic rings. The summed E-state index contributed by atoms with van der Waals surface area (Å²) in [6, 6.07) is 0. The minimum Gasteiger partial charge on any atom is -0.459 e. The standard InChI is InChI=1S/C13H15FN2O7/c14-7-5-16(13(21)15-12(7)20)10-4-8(9(6-18)22-10)23-11(19)2-1-3-17/h3,5,8-10,18H,1-2,4,6H2,(H,15,20,21)/t8?,9-,10-/m0/s1. The molecule has 23 heavy (non-hydrogen) atoms. The number of aliphatic hydroxyl groups excluding tert-OH is 1. The summed E-state index contributed by atoms with van der Waals surface area (Å²) in [6.45, 7) is -0.483. The Morgan fingerprint density at radius 1 is 1.57 bits per heavy atom. The second-order valence-electron chi connectivity index (χ2n) is 4.92. The molecule has 1 saturated heterocycles. The second kappa shape index (κ2) is 7.29. The molecule has 0 saturated carbocycles. The number of carbonyl (C=O) groups excluding carboxylic acids is 2. The summed E-state index contributed by atoms with van der Waals surface area (Å²) in [5.74, 6) is -1.81. The Balaban J connectivity index is 2.14. The van der Waals surface area contributed by atoms with Gasteiger partial charge in [0.05, 0.1) is 19.2 Å². The maximum absolute atomic E-state index is 13.3. The van der Waals surface area contributed by atoms with Gasteiger partial charge in [0.2, 0.25) is 5.82 Å². The maximum atomic E-state index is 13.3. The molecular formula is C13H15FN2O7. The third kappa shape index (κ3) is 3.90. The Kier molecular flexibility index (Phi) is 5.40. The zero-order valence-electron chi connectivity index (χ0n) is 11.9. The number of hydrogen-bond donors (Lipinski definition) is 2. The first kappa shape index (κ1) is 17.0. The van der Waals surface area contributed by atoms with Crippen LogP contribution in [0.1, 0.15) is 25.5 Å². The lowest BCUT2D eigenvalue weighted by Crippen LogP contribution is -2.34. The Labute approximate surface area is 128 Å². The van der Waals surface area contributed by atoms with Crippen molar-refractivity contribution in [3.05, 3.63) is 32.9 Å². The number of aromatic nitrogens is 2. The number of aliphatic hydroxyl groups is 1. The average Bonchev–Trinajstić information content (AvgIpc) is 2.91. The van der Waals surface area contributed by atoms with Crippen molar-refractivity contribution >= 4 is 12.3 Å². The van der Waals surface area contributed by atoms with Crippen LogP contribution in [0.25, 0.3) is 0 Å². The number of esters is 1. The Morgan fingerprint density at radius 3 is 2.96 bits per heavy atom. The van der Waals surface area contributed by atoms with E-state index >= 15 is 0 Å². The van der Waals surface area contributed by atoms with Gasteiger partial charge in [-0.05, 0) is 0 Å². The summed E-state index contributed by atoms with van der Waals surface area (Å²) in [4.78, 5) is 46.3.